The molecule has 0 aromatic carbocycles. The van der Waals surface area contributed by atoms with Gasteiger partial charge in [0.2, 0.25) is 0 Å². The van der Waals surface area contributed by atoms with Gasteiger partial charge in [0.05, 0.1) is 0 Å². The first-order valence-electron chi connectivity index (χ1n) is 3.98. The molecule has 1 heterocycles. The fraction of sp³-hybridized carbons (Fsp3) is 0.375. The summed E-state index contributed by atoms with van der Waals surface area (Å²) in [6, 6.07) is 1.13. The van der Waals surface area contributed by atoms with E-state index >= 15 is 0 Å². The van der Waals surface area contributed by atoms with E-state index in [-0.39, 0.29) is 11.3 Å². The van der Waals surface area contributed by atoms with Crippen molar-refractivity contribution in [1.29, 1.82) is 0 Å². The van der Waals surface area contributed by atoms with E-state index in [2.05, 4.69) is 4.98 Å². The lowest BCUT2D eigenvalue weighted by Crippen LogP contribution is -2.53. The van der Waals surface area contributed by atoms with Crippen molar-refractivity contribution in [3.05, 3.63) is 29.0 Å². The van der Waals surface area contributed by atoms with E-state index in [9.17, 15) is 26.3 Å². The second-order valence-electron chi connectivity index (χ2n) is 3.08. The molecule has 0 aliphatic carbocycles. The van der Waals surface area contributed by atoms with E-state index in [1.807, 2.05) is 0 Å². The normalized spacial score (nSPS) is 13.9. The number of rotatable bonds is 1. The summed E-state index contributed by atoms with van der Waals surface area (Å²) in [5, 5.41) is 8.62. The molecule has 0 bridgehead atoms. The van der Waals surface area contributed by atoms with Crippen molar-refractivity contribution in [1.82, 2.24) is 4.98 Å². The van der Waals surface area contributed by atoms with Crippen LogP contribution >= 0.6 is 11.6 Å². The maximum absolute atomic E-state index is 12.4. The smallest absolute Gasteiger partial charge is 0.369 e. The SMILES string of the molecule is OC(c1ccc(Cl)nc1)(C(F)(F)F)C(F)(F)F. The van der Waals surface area contributed by atoms with Crippen LogP contribution in [0.3, 0.4) is 0 Å². The highest BCUT2D eigenvalue weighted by molar-refractivity contribution is 6.29. The Hall–Kier alpha value is -1.02. The zero-order valence-corrected chi connectivity index (χ0v) is 8.53. The van der Waals surface area contributed by atoms with Crippen molar-refractivity contribution in [2.75, 3.05) is 0 Å². The Balaban J connectivity index is 3.41. The van der Waals surface area contributed by atoms with Crippen LogP contribution in [-0.2, 0) is 5.60 Å². The lowest BCUT2D eigenvalue weighted by Gasteiger charge is -2.32. The third-order valence-electron chi connectivity index (χ3n) is 1.97. The molecule has 0 aliphatic rings. The molecule has 1 N–H and O–H groups in total. The molecule has 9 heteroatoms. The van der Waals surface area contributed by atoms with Gasteiger partial charge < -0.3 is 5.11 Å². The zero-order valence-electron chi connectivity index (χ0n) is 7.77. The van der Waals surface area contributed by atoms with Crippen LogP contribution in [0.5, 0.6) is 0 Å². The number of aliphatic hydroxyl groups is 1. The summed E-state index contributed by atoms with van der Waals surface area (Å²) in [6.45, 7) is 0. The number of alkyl halides is 6. The highest BCUT2D eigenvalue weighted by Gasteiger charge is 2.71. The van der Waals surface area contributed by atoms with Crippen molar-refractivity contribution in [3.8, 4) is 0 Å². The Labute approximate surface area is 95.8 Å². The Morgan fingerprint density at radius 3 is 1.76 bits per heavy atom. The number of aromatic nitrogens is 1. The van der Waals surface area contributed by atoms with Crippen LogP contribution < -0.4 is 0 Å². The highest BCUT2D eigenvalue weighted by Crippen LogP contribution is 2.49. The molecular formula is C8H4ClF6NO. The van der Waals surface area contributed by atoms with Crippen LogP contribution in [0.1, 0.15) is 5.56 Å². The van der Waals surface area contributed by atoms with E-state index in [0.717, 1.165) is 6.07 Å². The van der Waals surface area contributed by atoms with Crippen LogP contribution in [0.15, 0.2) is 18.3 Å². The van der Waals surface area contributed by atoms with Gasteiger partial charge >= 0.3 is 12.4 Å². The molecule has 0 fully saturated rings. The first-order chi connectivity index (χ1) is 7.50. The van der Waals surface area contributed by atoms with Crippen LogP contribution in [0.4, 0.5) is 26.3 Å². The van der Waals surface area contributed by atoms with Crippen LogP contribution in [-0.4, -0.2) is 22.4 Å². The lowest BCUT2D eigenvalue weighted by molar-refractivity contribution is -0.376. The molecule has 0 unspecified atom stereocenters. The Morgan fingerprint density at radius 2 is 1.47 bits per heavy atom. The minimum atomic E-state index is -5.92. The van der Waals surface area contributed by atoms with Crippen molar-refractivity contribution in [2.24, 2.45) is 0 Å². The average Bonchev–Trinajstić information content (AvgIpc) is 2.14. The molecule has 0 amide bonds. The minimum Gasteiger partial charge on any atom is -0.369 e. The lowest BCUT2D eigenvalue weighted by atomic mass is 9.94. The standard InChI is InChI=1S/C8H4ClF6NO/c9-5-2-1-4(3-16-5)6(17,7(10,11)12)8(13,14)15/h1-3,17H. The summed E-state index contributed by atoms with van der Waals surface area (Å²) < 4.78 is 74.1. The maximum atomic E-state index is 12.4. The molecule has 0 radical (unpaired) electrons. The van der Waals surface area contributed by atoms with Gasteiger partial charge in [-0.1, -0.05) is 17.7 Å². The van der Waals surface area contributed by atoms with Gasteiger partial charge in [0.15, 0.2) is 0 Å². The highest BCUT2D eigenvalue weighted by atomic mass is 35.5. The molecular weight excluding hydrogens is 276 g/mol. The van der Waals surface area contributed by atoms with Gasteiger partial charge in [-0.25, -0.2) is 4.98 Å². The molecule has 1 aromatic heterocycles. The molecule has 1 rings (SSSR count). The molecule has 0 saturated heterocycles. The van der Waals surface area contributed by atoms with Gasteiger partial charge in [-0.2, -0.15) is 26.3 Å². The zero-order chi connectivity index (χ0) is 13.5. The van der Waals surface area contributed by atoms with Gasteiger partial charge in [-0.3, -0.25) is 0 Å². The average molecular weight is 280 g/mol. The quantitative estimate of drug-likeness (QED) is 0.633. The Morgan fingerprint density at radius 1 is 1.00 bits per heavy atom. The topological polar surface area (TPSA) is 33.1 Å². The van der Waals surface area contributed by atoms with Crippen molar-refractivity contribution in [3.63, 3.8) is 0 Å². The summed E-state index contributed by atoms with van der Waals surface area (Å²) in [5.74, 6) is 0. The largest absolute Gasteiger partial charge is 0.430 e. The summed E-state index contributed by atoms with van der Waals surface area (Å²) in [4.78, 5) is 3.08. The summed E-state index contributed by atoms with van der Waals surface area (Å²) in [6.07, 6.45) is -11.6. The summed E-state index contributed by atoms with van der Waals surface area (Å²) in [7, 11) is 0. The fourth-order valence-corrected chi connectivity index (χ4v) is 1.19. The third kappa shape index (κ3) is 2.32. The first-order valence-corrected chi connectivity index (χ1v) is 4.36. The van der Waals surface area contributed by atoms with E-state index in [1.165, 1.54) is 0 Å². The predicted molar refractivity (Wildman–Crippen MR) is 45.3 cm³/mol. The summed E-state index contributed by atoms with van der Waals surface area (Å²) >= 11 is 5.24. The number of hydrogen-bond acceptors (Lipinski definition) is 2. The molecule has 0 saturated carbocycles. The van der Waals surface area contributed by atoms with E-state index in [0.29, 0.717) is 6.07 Å². The molecule has 0 atom stereocenters. The molecule has 0 aliphatic heterocycles. The Kier molecular flexibility index (Phi) is 3.32. The molecule has 17 heavy (non-hydrogen) atoms. The minimum absolute atomic E-state index is 0.226. The molecule has 0 spiro atoms. The van der Waals surface area contributed by atoms with Gasteiger partial charge in [0.25, 0.3) is 5.60 Å². The van der Waals surface area contributed by atoms with Crippen molar-refractivity contribution >= 4 is 11.6 Å². The van der Waals surface area contributed by atoms with Gasteiger partial charge in [-0.05, 0) is 6.07 Å². The number of halogens is 7. The molecule has 2 nitrogen and oxygen atoms in total. The maximum Gasteiger partial charge on any atom is 0.430 e. The monoisotopic (exact) mass is 279 g/mol. The third-order valence-corrected chi connectivity index (χ3v) is 2.19. The van der Waals surface area contributed by atoms with E-state index in [4.69, 9.17) is 16.7 Å². The van der Waals surface area contributed by atoms with Crippen molar-refractivity contribution in [2.45, 2.75) is 18.0 Å². The van der Waals surface area contributed by atoms with Crippen LogP contribution in [0.25, 0.3) is 0 Å². The first kappa shape index (κ1) is 14.0. The van der Waals surface area contributed by atoms with Crippen molar-refractivity contribution < 1.29 is 31.4 Å². The fourth-order valence-electron chi connectivity index (χ4n) is 1.08. The second kappa shape index (κ2) is 4.02. The van der Waals surface area contributed by atoms with E-state index in [1.54, 1.807) is 0 Å². The predicted octanol–water partition coefficient (Wildman–Crippen LogP) is 3.05. The second-order valence-corrected chi connectivity index (χ2v) is 3.46. The van der Waals surface area contributed by atoms with Crippen LogP contribution in [0, 0.1) is 0 Å². The molecule has 1 aromatic rings. The number of hydrogen-bond donors (Lipinski definition) is 1. The number of pyridine rings is 1. The van der Waals surface area contributed by atoms with Gasteiger partial charge in [0.1, 0.15) is 5.15 Å². The van der Waals surface area contributed by atoms with Gasteiger partial charge in [0, 0.05) is 11.8 Å². The molecule has 96 valence electrons. The summed E-state index contributed by atoms with van der Waals surface area (Å²) in [5.41, 5.74) is -6.40. The van der Waals surface area contributed by atoms with Crippen LogP contribution in [0.2, 0.25) is 5.15 Å². The Bertz CT molecular complexity index is 384. The van der Waals surface area contributed by atoms with Gasteiger partial charge in [-0.15, -0.1) is 0 Å². The van der Waals surface area contributed by atoms with E-state index < -0.39 is 23.5 Å². The number of nitrogens with zero attached hydrogens (tertiary/aromatic N) is 1.